The Kier molecular flexibility index (Phi) is 16.4. The Labute approximate surface area is 124 Å². The molecule has 0 aliphatic carbocycles. The van der Waals surface area contributed by atoms with Gasteiger partial charge in [-0.3, -0.25) is 0 Å². The third-order valence-corrected chi connectivity index (χ3v) is 0.802. The van der Waals surface area contributed by atoms with Crippen molar-refractivity contribution in [2.75, 3.05) is 0 Å². The van der Waals surface area contributed by atoms with Crippen LogP contribution >= 0.6 is 11.6 Å². The minimum Gasteiger partial charge on any atom is -0.596 e. The molecule has 1 rings (SSSR count). The molecule has 0 aromatic rings. The standard InChI is InChI=1S/C4H5NO2.CHClO2.2Na/c6-3-1-2-4(7)5-3;2-1(3)4;;/h1-2H2,(H,5,6,7);(H,3,4);;/q;;2*+1/p-2. The van der Waals surface area contributed by atoms with E-state index in [1.807, 2.05) is 0 Å². The molecule has 0 radical (unpaired) electrons. The summed E-state index contributed by atoms with van der Waals surface area (Å²) < 4.78 is 0. The number of amides is 2. The van der Waals surface area contributed by atoms with Gasteiger partial charge >= 0.3 is 59.1 Å². The molecule has 1 aliphatic rings. The van der Waals surface area contributed by atoms with E-state index in [0.717, 1.165) is 0 Å². The predicted molar refractivity (Wildman–Crippen MR) is 33.9 cm³/mol. The van der Waals surface area contributed by atoms with Gasteiger partial charge in [-0.1, -0.05) is 11.6 Å². The van der Waals surface area contributed by atoms with E-state index in [2.05, 4.69) is 16.9 Å². The maximum atomic E-state index is 10.1. The minimum atomic E-state index is -1.61. The van der Waals surface area contributed by atoms with Gasteiger partial charge in [0.15, 0.2) is 0 Å². The van der Waals surface area contributed by atoms with Crippen molar-refractivity contribution >= 4 is 28.8 Å². The van der Waals surface area contributed by atoms with Crippen molar-refractivity contribution in [3.63, 3.8) is 0 Å². The van der Waals surface area contributed by atoms with Crippen molar-refractivity contribution in [2.24, 2.45) is 0 Å². The summed E-state index contributed by atoms with van der Waals surface area (Å²) in [6, 6.07) is 0. The Morgan fingerprint density at radius 3 is 1.54 bits per heavy atom. The molecule has 0 saturated carbocycles. The first kappa shape index (κ1) is 19.5. The molecule has 0 aromatic heterocycles. The predicted octanol–water partition coefficient (Wildman–Crippen LogP) is -6.22. The fraction of sp³-hybridized carbons (Fsp3) is 0.400. The van der Waals surface area contributed by atoms with Crippen LogP contribution in [0.3, 0.4) is 0 Å². The zero-order valence-corrected chi connectivity index (χ0v) is 12.1. The number of nitrogens with zero attached hydrogens (tertiary/aromatic N) is 1. The molecule has 5 nitrogen and oxygen atoms in total. The van der Waals surface area contributed by atoms with Gasteiger partial charge < -0.3 is 24.8 Å². The topological polar surface area (TPSA) is 88.4 Å². The zero-order valence-electron chi connectivity index (χ0n) is 7.37. The SMILES string of the molecule is O=C([O-])Cl.O=C1CCC(=O)[N-]1.[Na+].[Na+]. The molecule has 0 atom stereocenters. The maximum absolute atomic E-state index is 10.1. The summed E-state index contributed by atoms with van der Waals surface area (Å²) in [5.41, 5.74) is -1.61. The van der Waals surface area contributed by atoms with E-state index in [0.29, 0.717) is 12.8 Å². The van der Waals surface area contributed by atoms with Gasteiger partial charge in [0.2, 0.25) is 0 Å². The van der Waals surface area contributed by atoms with Crippen LogP contribution in [-0.2, 0) is 9.59 Å². The second kappa shape index (κ2) is 11.0. The Hall–Kier alpha value is 0.900. The molecule has 13 heavy (non-hydrogen) atoms. The Morgan fingerprint density at radius 2 is 1.46 bits per heavy atom. The van der Waals surface area contributed by atoms with Crippen molar-refractivity contribution in [1.29, 1.82) is 0 Å². The van der Waals surface area contributed by atoms with Crippen LogP contribution < -0.4 is 64.2 Å². The molecule has 0 bridgehead atoms. The van der Waals surface area contributed by atoms with E-state index in [1.165, 1.54) is 0 Å². The molecule has 0 aromatic carbocycles. The molecule has 1 aliphatic heterocycles. The number of hydrogen-bond acceptors (Lipinski definition) is 4. The number of rotatable bonds is 0. The fourth-order valence-corrected chi connectivity index (χ4v) is 0.465. The molecule has 8 heteroatoms. The van der Waals surface area contributed by atoms with E-state index in [-0.39, 0.29) is 70.9 Å². The van der Waals surface area contributed by atoms with E-state index in [1.54, 1.807) is 0 Å². The van der Waals surface area contributed by atoms with Crippen molar-refractivity contribution in [3.05, 3.63) is 5.32 Å². The number of carbonyl (C=O) groups is 3. The second-order valence-electron chi connectivity index (χ2n) is 1.64. The van der Waals surface area contributed by atoms with Crippen molar-refractivity contribution < 1.29 is 78.6 Å². The van der Waals surface area contributed by atoms with Gasteiger partial charge in [0.25, 0.3) is 0 Å². The van der Waals surface area contributed by atoms with Gasteiger partial charge in [0, 0.05) is 0 Å². The number of halogens is 1. The molecule has 62 valence electrons. The minimum absolute atomic E-state index is 0. The summed E-state index contributed by atoms with van der Waals surface area (Å²) >= 11 is 4.08. The summed E-state index contributed by atoms with van der Waals surface area (Å²) in [6.45, 7) is 0. The first-order valence-electron chi connectivity index (χ1n) is 2.66. The van der Waals surface area contributed by atoms with Crippen LogP contribution in [0.4, 0.5) is 4.79 Å². The van der Waals surface area contributed by atoms with Crippen LogP contribution in [-0.4, -0.2) is 17.2 Å². The normalized spacial score (nSPS) is 12.7. The summed E-state index contributed by atoms with van der Waals surface area (Å²) in [4.78, 5) is 28.8. The van der Waals surface area contributed by atoms with Gasteiger partial charge in [-0.25, -0.2) is 0 Å². The maximum Gasteiger partial charge on any atom is 1.00 e. The van der Waals surface area contributed by atoms with Gasteiger partial charge in [0.05, 0.1) is 11.8 Å². The van der Waals surface area contributed by atoms with E-state index in [9.17, 15) is 9.59 Å². The quantitative estimate of drug-likeness (QED) is 0.232. The third kappa shape index (κ3) is 15.6. The van der Waals surface area contributed by atoms with Crippen LogP contribution in [0.25, 0.3) is 5.32 Å². The number of carbonyl (C=O) groups excluding carboxylic acids is 3. The Morgan fingerprint density at radius 1 is 1.23 bits per heavy atom. The largest absolute Gasteiger partial charge is 1.00 e. The monoisotopic (exact) mass is 223 g/mol. The van der Waals surface area contributed by atoms with Crippen molar-refractivity contribution in [1.82, 2.24) is 0 Å². The van der Waals surface area contributed by atoms with Crippen LogP contribution in [0.2, 0.25) is 0 Å². The van der Waals surface area contributed by atoms with Crippen LogP contribution in [0.1, 0.15) is 12.8 Å². The smallest absolute Gasteiger partial charge is 0.596 e. The van der Waals surface area contributed by atoms with Crippen LogP contribution in [0, 0.1) is 0 Å². The fourth-order valence-electron chi connectivity index (χ4n) is 0.465. The number of imide groups is 1. The van der Waals surface area contributed by atoms with Gasteiger partial charge in [-0.05, 0) is 12.8 Å². The number of carboxylic acid groups (broad SMARTS) is 1. The van der Waals surface area contributed by atoms with Crippen LogP contribution in [0.5, 0.6) is 0 Å². The summed E-state index contributed by atoms with van der Waals surface area (Å²) in [6.07, 6.45) is 0.637. The van der Waals surface area contributed by atoms with Gasteiger partial charge in [-0.15, -0.1) is 0 Å². The summed E-state index contributed by atoms with van der Waals surface area (Å²) in [7, 11) is 0. The van der Waals surface area contributed by atoms with E-state index >= 15 is 0 Å². The molecular weight excluding hydrogens is 219 g/mol. The van der Waals surface area contributed by atoms with E-state index in [4.69, 9.17) is 9.90 Å². The van der Waals surface area contributed by atoms with Crippen molar-refractivity contribution in [3.8, 4) is 0 Å². The molecular formula is C5H4ClNNa2O4. The molecule has 1 fully saturated rings. The Balaban J connectivity index is -0.000000150. The van der Waals surface area contributed by atoms with Gasteiger partial charge in [-0.2, -0.15) is 0 Å². The van der Waals surface area contributed by atoms with E-state index < -0.39 is 5.43 Å². The zero-order chi connectivity index (χ0) is 8.85. The molecule has 2 amide bonds. The molecule has 0 unspecified atom stereocenters. The third-order valence-electron chi connectivity index (χ3n) is 0.802. The van der Waals surface area contributed by atoms with Gasteiger partial charge in [0.1, 0.15) is 5.43 Å². The second-order valence-corrected chi connectivity index (χ2v) is 1.95. The molecule has 0 N–H and O–H groups in total. The average Bonchev–Trinajstić information content (AvgIpc) is 2.13. The summed E-state index contributed by atoms with van der Waals surface area (Å²) in [5, 5.41) is 11.8. The first-order chi connectivity index (χ1) is 5.02. The van der Waals surface area contributed by atoms with Crippen LogP contribution in [0.15, 0.2) is 0 Å². The number of hydrogen-bond donors (Lipinski definition) is 0. The average molecular weight is 224 g/mol. The Bertz CT molecular complexity index is 181. The van der Waals surface area contributed by atoms with Crippen molar-refractivity contribution in [2.45, 2.75) is 12.8 Å². The molecule has 1 heterocycles. The first-order valence-corrected chi connectivity index (χ1v) is 3.04. The summed E-state index contributed by atoms with van der Waals surface area (Å²) in [5.74, 6) is -0.546. The molecule has 1 saturated heterocycles. The molecule has 0 spiro atoms.